The number of aromatic nitrogens is 3. The van der Waals surface area contributed by atoms with Gasteiger partial charge in [0.2, 0.25) is 16.0 Å². The van der Waals surface area contributed by atoms with Gasteiger partial charge >= 0.3 is 0 Å². The zero-order valence-electron chi connectivity index (χ0n) is 17.9. The van der Waals surface area contributed by atoms with Gasteiger partial charge in [0.1, 0.15) is 5.65 Å². The van der Waals surface area contributed by atoms with Crippen molar-refractivity contribution in [2.24, 2.45) is 0 Å². The van der Waals surface area contributed by atoms with Crippen molar-refractivity contribution in [3.63, 3.8) is 0 Å². The summed E-state index contributed by atoms with van der Waals surface area (Å²) in [6.45, 7) is 1.78. The van der Waals surface area contributed by atoms with Gasteiger partial charge in [-0.15, -0.1) is 0 Å². The van der Waals surface area contributed by atoms with Gasteiger partial charge in [0.05, 0.1) is 17.9 Å². The van der Waals surface area contributed by atoms with Gasteiger partial charge in [-0.1, -0.05) is 0 Å². The van der Waals surface area contributed by atoms with Crippen molar-refractivity contribution in [3.8, 4) is 0 Å². The molecule has 5 rings (SSSR count). The number of hydrogen-bond acceptors (Lipinski definition) is 7. The molecular weight excluding hydrogens is 418 g/mol. The Bertz CT molecular complexity index is 1160. The lowest BCUT2D eigenvalue weighted by atomic mass is 10.00. The van der Waals surface area contributed by atoms with E-state index in [1.165, 1.54) is 12.3 Å². The summed E-state index contributed by atoms with van der Waals surface area (Å²) in [5.74, 6) is 0.432. The third-order valence-electron chi connectivity index (χ3n) is 7.24. The van der Waals surface area contributed by atoms with Crippen molar-refractivity contribution in [3.05, 3.63) is 28.7 Å². The molecule has 31 heavy (non-hydrogen) atoms. The Labute approximate surface area is 181 Å². The van der Waals surface area contributed by atoms with E-state index < -0.39 is 15.6 Å². The number of piperidine rings is 1. The van der Waals surface area contributed by atoms with Gasteiger partial charge in [-0.25, -0.2) is 13.4 Å². The second kappa shape index (κ2) is 7.25. The molecule has 3 fully saturated rings. The minimum Gasteiger partial charge on any atom is -0.388 e. The molecule has 5 atom stereocenters. The molecule has 10 heteroatoms. The zero-order chi connectivity index (χ0) is 22.0. The average molecular weight is 448 g/mol. The molecule has 2 aromatic heterocycles. The van der Waals surface area contributed by atoms with Crippen molar-refractivity contribution >= 4 is 27.0 Å². The topological polar surface area (TPSA) is 117 Å². The number of hydrogen-bond donors (Lipinski definition) is 2. The largest absolute Gasteiger partial charge is 0.388 e. The van der Waals surface area contributed by atoms with E-state index in [0.29, 0.717) is 30.9 Å². The van der Waals surface area contributed by atoms with Crippen LogP contribution in [0.15, 0.2) is 23.1 Å². The zero-order valence-corrected chi connectivity index (χ0v) is 18.7. The van der Waals surface area contributed by atoms with Crippen LogP contribution in [0.25, 0.3) is 11.0 Å². The van der Waals surface area contributed by atoms with E-state index in [1.54, 1.807) is 28.1 Å². The first-order valence-electron chi connectivity index (χ1n) is 11.0. The van der Waals surface area contributed by atoms with Crippen LogP contribution in [0.1, 0.15) is 57.9 Å². The average Bonchev–Trinajstić information content (AvgIpc) is 3.18. The molecule has 0 amide bonds. The summed E-state index contributed by atoms with van der Waals surface area (Å²) in [7, 11) is -3.21. The predicted molar refractivity (Wildman–Crippen MR) is 117 cm³/mol. The van der Waals surface area contributed by atoms with E-state index in [9.17, 15) is 18.3 Å². The minimum absolute atomic E-state index is 0.0125. The maximum Gasteiger partial charge on any atom is 0.252 e. The number of nitrogens with zero attached hydrogens (tertiary/aromatic N) is 4. The van der Waals surface area contributed by atoms with Gasteiger partial charge in [0.15, 0.2) is 0 Å². The fourth-order valence-corrected chi connectivity index (χ4v) is 7.39. The third kappa shape index (κ3) is 3.64. The second-order valence-electron chi connectivity index (χ2n) is 9.57. The number of sulfonamides is 1. The van der Waals surface area contributed by atoms with Gasteiger partial charge in [-0.3, -0.25) is 9.36 Å². The van der Waals surface area contributed by atoms with Crippen LogP contribution in [0, 0.1) is 0 Å². The Kier molecular flexibility index (Phi) is 4.87. The molecule has 2 N–H and O–H groups in total. The van der Waals surface area contributed by atoms with Crippen LogP contribution in [0.3, 0.4) is 0 Å². The molecule has 2 aliphatic heterocycles. The Morgan fingerprint density at radius 2 is 1.90 bits per heavy atom. The first-order valence-corrected chi connectivity index (χ1v) is 12.8. The van der Waals surface area contributed by atoms with Gasteiger partial charge in [-0.05, 0) is 57.9 Å². The van der Waals surface area contributed by atoms with Crippen molar-refractivity contribution < 1.29 is 13.5 Å². The van der Waals surface area contributed by atoms with Crippen LogP contribution < -0.4 is 10.9 Å². The molecule has 9 nitrogen and oxygen atoms in total. The van der Waals surface area contributed by atoms with Crippen LogP contribution in [-0.2, 0) is 10.0 Å². The third-order valence-corrected chi connectivity index (χ3v) is 8.60. The van der Waals surface area contributed by atoms with E-state index in [2.05, 4.69) is 15.3 Å². The van der Waals surface area contributed by atoms with Crippen LogP contribution >= 0.6 is 0 Å². The number of rotatable bonds is 4. The Morgan fingerprint density at radius 3 is 2.52 bits per heavy atom. The lowest BCUT2D eigenvalue weighted by molar-refractivity contribution is 0.0267. The molecule has 0 radical (unpaired) electrons. The van der Waals surface area contributed by atoms with E-state index >= 15 is 0 Å². The first kappa shape index (κ1) is 20.8. The molecule has 2 bridgehead atoms. The Balaban J connectivity index is 1.45. The SMILES string of the molecule is C[C@@]1(O)CCC[C@H]1n1c(=O)ccc2cnc(NC3C[C@H]4CC[C@@H](C3)N4S(C)(=O)=O)nc21. The van der Waals surface area contributed by atoms with Gasteiger partial charge in [0.25, 0.3) is 5.56 Å². The molecule has 1 saturated carbocycles. The lowest BCUT2D eigenvalue weighted by Crippen LogP contribution is -2.49. The lowest BCUT2D eigenvalue weighted by Gasteiger charge is -2.37. The van der Waals surface area contributed by atoms with E-state index in [4.69, 9.17) is 0 Å². The number of fused-ring (bicyclic) bond motifs is 3. The van der Waals surface area contributed by atoms with E-state index in [0.717, 1.165) is 31.1 Å². The maximum atomic E-state index is 12.7. The van der Waals surface area contributed by atoms with Gasteiger partial charge in [0, 0.05) is 35.8 Å². The number of aliphatic hydroxyl groups is 1. The van der Waals surface area contributed by atoms with E-state index in [1.807, 2.05) is 0 Å². The molecule has 1 unspecified atom stereocenters. The summed E-state index contributed by atoms with van der Waals surface area (Å²) in [4.78, 5) is 21.9. The Morgan fingerprint density at radius 1 is 1.19 bits per heavy atom. The van der Waals surface area contributed by atoms with Crippen molar-refractivity contribution in [2.45, 2.75) is 81.6 Å². The summed E-state index contributed by atoms with van der Waals surface area (Å²) in [6, 6.07) is 3.00. The minimum atomic E-state index is -3.21. The highest BCUT2D eigenvalue weighted by atomic mass is 32.2. The predicted octanol–water partition coefficient (Wildman–Crippen LogP) is 1.63. The molecule has 4 heterocycles. The summed E-state index contributed by atoms with van der Waals surface area (Å²) in [6.07, 6.45) is 8.41. The molecule has 2 saturated heterocycles. The highest BCUT2D eigenvalue weighted by Gasteiger charge is 2.45. The first-order chi connectivity index (χ1) is 14.6. The molecule has 1 aliphatic carbocycles. The molecule has 0 spiro atoms. The van der Waals surface area contributed by atoms with Crippen LogP contribution in [0.5, 0.6) is 0 Å². The fourth-order valence-electron chi connectivity index (χ4n) is 5.92. The van der Waals surface area contributed by atoms with Crippen molar-refractivity contribution in [1.82, 2.24) is 18.8 Å². The normalized spacial score (nSPS) is 33.8. The van der Waals surface area contributed by atoms with Crippen molar-refractivity contribution in [1.29, 1.82) is 0 Å². The van der Waals surface area contributed by atoms with E-state index in [-0.39, 0.29) is 29.7 Å². The van der Waals surface area contributed by atoms with Crippen LogP contribution in [-0.4, -0.2) is 62.3 Å². The molecule has 2 aromatic rings. The Hall–Kier alpha value is -2.04. The van der Waals surface area contributed by atoms with Gasteiger partial charge in [-0.2, -0.15) is 9.29 Å². The van der Waals surface area contributed by atoms with Gasteiger partial charge < -0.3 is 10.4 Å². The van der Waals surface area contributed by atoms with Crippen LogP contribution in [0.2, 0.25) is 0 Å². The second-order valence-corrected chi connectivity index (χ2v) is 11.5. The van der Waals surface area contributed by atoms with Crippen LogP contribution in [0.4, 0.5) is 5.95 Å². The summed E-state index contributed by atoms with van der Waals surface area (Å²) in [5, 5.41) is 14.9. The highest BCUT2D eigenvalue weighted by molar-refractivity contribution is 7.88. The summed E-state index contributed by atoms with van der Waals surface area (Å²) in [5.41, 5.74) is -0.605. The quantitative estimate of drug-likeness (QED) is 0.731. The highest BCUT2D eigenvalue weighted by Crippen LogP contribution is 2.40. The smallest absolute Gasteiger partial charge is 0.252 e. The summed E-state index contributed by atoms with van der Waals surface area (Å²) >= 11 is 0. The molecule has 168 valence electrons. The number of nitrogens with one attached hydrogen (secondary N) is 1. The molecule has 3 aliphatic rings. The maximum absolute atomic E-state index is 12.7. The fraction of sp³-hybridized carbons (Fsp3) is 0.667. The number of anilines is 1. The standard InChI is InChI=1S/C21H29N5O4S/c1-21(28)9-3-4-17(21)25-18(27)8-5-13-12-22-20(24-19(13)25)23-14-10-15-6-7-16(11-14)26(15)31(2,29)30/h5,8,12,14-17,28H,3-4,6-7,9-11H2,1-2H3,(H,22,23,24)/t14?,15-,16+,17-,21-/m1/s1. The molecule has 0 aromatic carbocycles. The number of pyridine rings is 1. The molecular formula is C21H29N5O4S. The summed E-state index contributed by atoms with van der Waals surface area (Å²) < 4.78 is 27.6. The van der Waals surface area contributed by atoms with Crippen molar-refractivity contribution in [2.75, 3.05) is 11.6 Å². The monoisotopic (exact) mass is 447 g/mol.